The van der Waals surface area contributed by atoms with Crippen LogP contribution in [0, 0.1) is 5.92 Å². The van der Waals surface area contributed by atoms with E-state index in [-0.39, 0.29) is 11.3 Å². The number of ketones is 1. The highest BCUT2D eigenvalue weighted by molar-refractivity contribution is 6.06. The van der Waals surface area contributed by atoms with Crippen LogP contribution in [0.5, 0.6) is 5.75 Å². The van der Waals surface area contributed by atoms with Crippen LogP contribution in [0.15, 0.2) is 77.6 Å². The summed E-state index contributed by atoms with van der Waals surface area (Å²) >= 11 is 0. The van der Waals surface area contributed by atoms with Gasteiger partial charge in [0.05, 0.1) is 7.11 Å². The van der Waals surface area contributed by atoms with Crippen LogP contribution in [0.1, 0.15) is 39.5 Å². The molecule has 2 aromatic carbocycles. The van der Waals surface area contributed by atoms with Gasteiger partial charge in [-0.1, -0.05) is 48.5 Å². The highest BCUT2D eigenvalue weighted by atomic mass is 16.5. The van der Waals surface area contributed by atoms with Crippen LogP contribution in [0.25, 0.3) is 6.08 Å². The van der Waals surface area contributed by atoms with Crippen molar-refractivity contribution in [2.75, 3.05) is 20.2 Å². The number of hydrogen-bond acceptors (Lipinski definition) is 4. The molecule has 2 bridgehead atoms. The quantitative estimate of drug-likeness (QED) is 0.422. The molecular weight excluding hydrogens is 412 g/mol. The van der Waals surface area contributed by atoms with Crippen LogP contribution >= 0.6 is 0 Å². The molecule has 1 aromatic heterocycles. The Morgan fingerprint density at radius 2 is 1.88 bits per heavy atom. The Morgan fingerprint density at radius 1 is 1.03 bits per heavy atom. The van der Waals surface area contributed by atoms with Gasteiger partial charge >= 0.3 is 0 Å². The first-order chi connectivity index (χ1) is 16.1. The molecule has 2 atom stereocenters. The van der Waals surface area contributed by atoms with Crippen molar-refractivity contribution in [1.82, 2.24) is 9.47 Å². The predicted octanol–water partition coefficient (Wildman–Crippen LogP) is 4.37. The van der Waals surface area contributed by atoms with Gasteiger partial charge in [0.2, 0.25) is 0 Å². The van der Waals surface area contributed by atoms with Crippen LogP contribution in [-0.4, -0.2) is 35.4 Å². The number of aromatic nitrogens is 1. The number of nitrogens with zero attached hydrogens (tertiary/aromatic N) is 2. The summed E-state index contributed by atoms with van der Waals surface area (Å²) in [6.45, 7) is 3.47. The lowest BCUT2D eigenvalue weighted by atomic mass is 9.83. The van der Waals surface area contributed by atoms with E-state index in [2.05, 4.69) is 17.0 Å². The Hall–Kier alpha value is -3.44. The van der Waals surface area contributed by atoms with E-state index in [4.69, 9.17) is 4.74 Å². The fourth-order valence-corrected chi connectivity index (χ4v) is 5.26. The number of rotatable bonds is 6. The van der Waals surface area contributed by atoms with Gasteiger partial charge in [0.25, 0.3) is 5.56 Å². The highest BCUT2D eigenvalue weighted by Crippen LogP contribution is 2.36. The minimum atomic E-state index is -0.00858. The molecular formula is C28H28N2O3. The van der Waals surface area contributed by atoms with E-state index in [0.717, 1.165) is 55.2 Å². The second kappa shape index (κ2) is 9.20. The van der Waals surface area contributed by atoms with Gasteiger partial charge in [-0.2, -0.15) is 0 Å². The summed E-state index contributed by atoms with van der Waals surface area (Å²) in [5.41, 5.74) is 4.04. The maximum Gasteiger partial charge on any atom is 0.250 e. The molecule has 3 aromatic rings. The van der Waals surface area contributed by atoms with E-state index in [1.807, 2.05) is 59.2 Å². The lowest BCUT2D eigenvalue weighted by molar-refractivity contribution is 0.104. The van der Waals surface area contributed by atoms with Crippen LogP contribution in [0.3, 0.4) is 0 Å². The molecule has 0 saturated carbocycles. The molecule has 5 rings (SSSR count). The Balaban J connectivity index is 1.34. The summed E-state index contributed by atoms with van der Waals surface area (Å²) < 4.78 is 7.60. The fourth-order valence-electron chi connectivity index (χ4n) is 5.26. The number of carbonyl (C=O) groups excluding carboxylic acids is 1. The molecule has 0 unspecified atom stereocenters. The molecule has 0 N–H and O–H groups in total. The molecule has 0 spiro atoms. The highest BCUT2D eigenvalue weighted by Gasteiger charge is 2.34. The van der Waals surface area contributed by atoms with Gasteiger partial charge in [-0.3, -0.25) is 14.5 Å². The van der Waals surface area contributed by atoms with Crippen molar-refractivity contribution in [3.05, 3.63) is 106 Å². The van der Waals surface area contributed by atoms with Gasteiger partial charge in [-0.25, -0.2) is 0 Å². The number of fused-ring (bicyclic) bond motifs is 4. The topological polar surface area (TPSA) is 51.5 Å². The van der Waals surface area contributed by atoms with Gasteiger partial charge in [0.15, 0.2) is 5.78 Å². The first kappa shape index (κ1) is 21.4. The van der Waals surface area contributed by atoms with Gasteiger partial charge < -0.3 is 9.30 Å². The smallest absolute Gasteiger partial charge is 0.250 e. The predicted molar refractivity (Wildman–Crippen MR) is 130 cm³/mol. The third-order valence-electron chi connectivity index (χ3n) is 6.74. The molecule has 33 heavy (non-hydrogen) atoms. The molecule has 3 heterocycles. The molecule has 5 nitrogen and oxygen atoms in total. The minimum absolute atomic E-state index is 0.00858. The molecule has 168 valence electrons. The lowest BCUT2D eigenvalue weighted by Gasteiger charge is -2.43. The third-order valence-corrected chi connectivity index (χ3v) is 6.74. The Morgan fingerprint density at radius 3 is 2.70 bits per heavy atom. The Kier molecular flexibility index (Phi) is 5.97. The second-order valence-electron chi connectivity index (χ2n) is 9.03. The van der Waals surface area contributed by atoms with Crippen molar-refractivity contribution in [2.24, 2.45) is 5.92 Å². The zero-order valence-electron chi connectivity index (χ0n) is 18.8. The normalized spacial score (nSPS) is 19.9. The number of likely N-dealkylation sites (tertiary alicyclic amines) is 1. The summed E-state index contributed by atoms with van der Waals surface area (Å²) in [4.78, 5) is 27.2. The summed E-state index contributed by atoms with van der Waals surface area (Å²) in [5, 5.41) is 0. The van der Waals surface area contributed by atoms with E-state index in [1.165, 1.54) is 0 Å². The SMILES string of the molecule is COc1ccc(/C=C/C(=O)c2ccccc2)cc1CN1C[C@H]2C[C@@H](C1)c1cccc(=O)n1C2. The number of hydrogen-bond donors (Lipinski definition) is 0. The number of piperidine rings is 1. The lowest BCUT2D eigenvalue weighted by Crippen LogP contribution is -2.46. The fraction of sp³-hybridized carbons (Fsp3) is 0.286. The number of allylic oxidation sites excluding steroid dienone is 1. The first-order valence-corrected chi connectivity index (χ1v) is 11.5. The zero-order chi connectivity index (χ0) is 22.8. The largest absolute Gasteiger partial charge is 0.496 e. The van der Waals surface area contributed by atoms with Crippen LogP contribution in [0.2, 0.25) is 0 Å². The van der Waals surface area contributed by atoms with E-state index < -0.39 is 0 Å². The first-order valence-electron chi connectivity index (χ1n) is 11.5. The van der Waals surface area contributed by atoms with Gasteiger partial charge in [-0.05, 0) is 42.2 Å². The molecule has 1 fully saturated rings. The van der Waals surface area contributed by atoms with E-state index >= 15 is 0 Å². The van der Waals surface area contributed by atoms with E-state index in [0.29, 0.717) is 17.4 Å². The number of ether oxygens (including phenoxy) is 1. The van der Waals surface area contributed by atoms with Crippen molar-refractivity contribution in [2.45, 2.75) is 25.4 Å². The Bertz CT molecular complexity index is 1250. The molecule has 2 aliphatic heterocycles. The maximum atomic E-state index is 12.4. The zero-order valence-corrected chi connectivity index (χ0v) is 18.8. The number of carbonyl (C=O) groups is 1. The maximum absolute atomic E-state index is 12.4. The average Bonchev–Trinajstić information content (AvgIpc) is 2.84. The van der Waals surface area contributed by atoms with Gasteiger partial charge in [0, 0.05) is 55.0 Å². The van der Waals surface area contributed by atoms with Crippen LogP contribution in [0.4, 0.5) is 0 Å². The van der Waals surface area contributed by atoms with Gasteiger partial charge in [-0.15, -0.1) is 0 Å². The van der Waals surface area contributed by atoms with Crippen molar-refractivity contribution in [1.29, 1.82) is 0 Å². The third kappa shape index (κ3) is 4.55. The van der Waals surface area contributed by atoms with Crippen LogP contribution < -0.4 is 10.3 Å². The molecule has 5 heteroatoms. The van der Waals surface area contributed by atoms with Crippen molar-refractivity contribution >= 4 is 11.9 Å². The van der Waals surface area contributed by atoms with Gasteiger partial charge in [0.1, 0.15) is 5.75 Å². The summed E-state index contributed by atoms with van der Waals surface area (Å²) in [6, 6.07) is 21.0. The molecule has 1 saturated heterocycles. The standard InChI is InChI=1S/C28H28N2O3/c1-33-27-13-11-20(10-12-26(31)22-6-3-2-4-7-22)14-24(27)19-29-16-21-15-23(18-29)25-8-5-9-28(32)30(25)17-21/h2-14,21,23H,15-19H2,1H3/b12-10+/t21-,23+/m1/s1. The number of benzene rings is 2. The van der Waals surface area contributed by atoms with E-state index in [1.54, 1.807) is 19.3 Å². The van der Waals surface area contributed by atoms with Crippen LogP contribution in [-0.2, 0) is 13.1 Å². The Labute approximate surface area is 193 Å². The monoisotopic (exact) mass is 440 g/mol. The molecule has 0 amide bonds. The summed E-state index contributed by atoms with van der Waals surface area (Å²) in [6.07, 6.45) is 4.63. The number of pyridine rings is 1. The minimum Gasteiger partial charge on any atom is -0.496 e. The molecule has 2 aliphatic rings. The molecule has 0 aliphatic carbocycles. The van der Waals surface area contributed by atoms with E-state index in [9.17, 15) is 9.59 Å². The van der Waals surface area contributed by atoms with Crippen molar-refractivity contribution in [3.63, 3.8) is 0 Å². The summed E-state index contributed by atoms with van der Waals surface area (Å²) in [7, 11) is 1.70. The van der Waals surface area contributed by atoms with Crippen molar-refractivity contribution in [3.8, 4) is 5.75 Å². The number of methoxy groups -OCH3 is 1. The molecule has 0 radical (unpaired) electrons. The summed E-state index contributed by atoms with van der Waals surface area (Å²) in [5.74, 6) is 1.71. The van der Waals surface area contributed by atoms with Crippen molar-refractivity contribution < 1.29 is 9.53 Å². The second-order valence-corrected chi connectivity index (χ2v) is 9.03. The average molecular weight is 441 g/mol.